The van der Waals surface area contributed by atoms with Gasteiger partial charge in [0.05, 0.1) is 17.2 Å². The molecule has 1 fully saturated rings. The normalized spacial score (nSPS) is 14.8. The summed E-state index contributed by atoms with van der Waals surface area (Å²) in [4.78, 5) is 15.3. The largest absolute Gasteiger partial charge is 0.490 e. The molecule has 0 N–H and O–H groups in total. The van der Waals surface area contributed by atoms with Crippen molar-refractivity contribution in [1.29, 1.82) is 0 Å². The van der Waals surface area contributed by atoms with Crippen molar-refractivity contribution in [2.75, 3.05) is 11.5 Å². The highest BCUT2D eigenvalue weighted by Gasteiger charge is 2.34. The first-order chi connectivity index (χ1) is 16.0. The lowest BCUT2D eigenvalue weighted by Crippen LogP contribution is -2.28. The number of para-hydroxylation sites is 1. The van der Waals surface area contributed by atoms with E-state index in [2.05, 4.69) is 0 Å². The van der Waals surface area contributed by atoms with E-state index < -0.39 is 0 Å². The minimum absolute atomic E-state index is 0.128. The Kier molecular flexibility index (Phi) is 7.38. The van der Waals surface area contributed by atoms with E-state index in [1.807, 2.05) is 86.7 Å². The lowest BCUT2D eigenvalue weighted by Gasteiger charge is -2.16. The van der Waals surface area contributed by atoms with Crippen molar-refractivity contribution in [2.45, 2.75) is 20.5 Å². The molecule has 0 aliphatic carbocycles. The smallest absolute Gasteiger partial charge is 0.270 e. The molecule has 1 aliphatic rings. The molecular weight excluding hydrogens is 474 g/mol. The third-order valence-electron chi connectivity index (χ3n) is 5.06. The number of hydrogen-bond donors (Lipinski definition) is 0. The number of anilines is 1. The monoisotopic (exact) mass is 495 g/mol. The molecule has 0 spiro atoms. The van der Waals surface area contributed by atoms with E-state index in [0.717, 1.165) is 22.4 Å². The fraction of sp³-hybridized carbons (Fsp3) is 0.154. The fourth-order valence-corrected chi connectivity index (χ4v) is 4.89. The Hall–Kier alpha value is -2.80. The maximum atomic E-state index is 13.1. The molecule has 4 nitrogen and oxygen atoms in total. The Labute approximate surface area is 208 Å². The molecule has 1 aliphatic heterocycles. The number of aryl methyl sites for hydroxylation is 1. The van der Waals surface area contributed by atoms with Crippen LogP contribution < -0.4 is 14.4 Å². The number of benzene rings is 3. The van der Waals surface area contributed by atoms with Crippen molar-refractivity contribution >= 4 is 57.6 Å². The third-order valence-corrected chi connectivity index (χ3v) is 6.73. The second-order valence-corrected chi connectivity index (χ2v) is 9.41. The van der Waals surface area contributed by atoms with Gasteiger partial charge in [-0.15, -0.1) is 0 Å². The highest BCUT2D eigenvalue weighted by Crippen LogP contribution is 2.38. The number of thioether (sulfide) groups is 1. The molecule has 4 rings (SSSR count). The zero-order valence-electron chi connectivity index (χ0n) is 18.2. The Balaban J connectivity index is 1.57. The van der Waals surface area contributed by atoms with E-state index in [1.165, 1.54) is 11.8 Å². The lowest BCUT2D eigenvalue weighted by molar-refractivity contribution is -0.113. The molecule has 3 aromatic rings. The molecule has 0 aromatic heterocycles. The van der Waals surface area contributed by atoms with Gasteiger partial charge in [0, 0.05) is 10.6 Å². The Morgan fingerprint density at radius 3 is 2.55 bits per heavy atom. The van der Waals surface area contributed by atoms with Crippen LogP contribution in [0.3, 0.4) is 0 Å². The van der Waals surface area contributed by atoms with Gasteiger partial charge < -0.3 is 9.47 Å². The number of carbonyl (C=O) groups is 1. The summed E-state index contributed by atoms with van der Waals surface area (Å²) in [5.74, 6) is 1.09. The SMILES string of the molecule is CCOc1cc(/C=C2\SC(=S)N(c3ccccc3C)C2=O)ccc1OCc1ccccc1Cl. The topological polar surface area (TPSA) is 38.8 Å². The van der Waals surface area contributed by atoms with Gasteiger partial charge >= 0.3 is 0 Å². The summed E-state index contributed by atoms with van der Waals surface area (Å²) in [6, 6.07) is 20.9. The van der Waals surface area contributed by atoms with Crippen molar-refractivity contribution in [3.63, 3.8) is 0 Å². The molecular formula is C26H22ClNO3S2. The van der Waals surface area contributed by atoms with E-state index in [4.69, 9.17) is 33.3 Å². The van der Waals surface area contributed by atoms with Crippen molar-refractivity contribution < 1.29 is 14.3 Å². The summed E-state index contributed by atoms with van der Waals surface area (Å²) in [5, 5.41) is 0.655. The Morgan fingerprint density at radius 1 is 1.03 bits per heavy atom. The number of amides is 1. The van der Waals surface area contributed by atoms with Crippen LogP contribution in [0.25, 0.3) is 6.08 Å². The van der Waals surface area contributed by atoms with Gasteiger partial charge in [0.1, 0.15) is 6.61 Å². The predicted octanol–water partition coefficient (Wildman–Crippen LogP) is 7.03. The highest BCUT2D eigenvalue weighted by atomic mass is 35.5. The van der Waals surface area contributed by atoms with Crippen LogP contribution in [-0.4, -0.2) is 16.8 Å². The lowest BCUT2D eigenvalue weighted by atomic mass is 10.1. The molecule has 7 heteroatoms. The molecule has 33 heavy (non-hydrogen) atoms. The Bertz CT molecular complexity index is 1240. The summed E-state index contributed by atoms with van der Waals surface area (Å²) in [6.07, 6.45) is 1.83. The van der Waals surface area contributed by atoms with Gasteiger partial charge in [0.25, 0.3) is 5.91 Å². The molecule has 168 valence electrons. The maximum absolute atomic E-state index is 13.1. The van der Waals surface area contributed by atoms with Gasteiger partial charge in [-0.3, -0.25) is 9.69 Å². The molecule has 0 unspecified atom stereocenters. The molecule has 0 radical (unpaired) electrons. The van der Waals surface area contributed by atoms with Crippen LogP contribution in [-0.2, 0) is 11.4 Å². The quantitative estimate of drug-likeness (QED) is 0.260. The number of halogens is 1. The zero-order chi connectivity index (χ0) is 23.4. The summed E-state index contributed by atoms with van der Waals surface area (Å²) >= 11 is 13.0. The Morgan fingerprint density at radius 2 is 1.79 bits per heavy atom. The van der Waals surface area contributed by atoms with Gasteiger partial charge in [-0.2, -0.15) is 0 Å². The van der Waals surface area contributed by atoms with Crippen LogP contribution in [0.15, 0.2) is 71.6 Å². The standard InChI is InChI=1S/C26H22ClNO3S2/c1-3-30-23-14-18(12-13-22(23)31-16-19-9-5-6-10-20(19)27)15-24-25(29)28(26(32)33-24)21-11-7-4-8-17(21)2/h4-15H,3,16H2,1-2H3/b24-15-. The van der Waals surface area contributed by atoms with E-state index >= 15 is 0 Å². The number of ether oxygens (including phenoxy) is 2. The number of thiocarbonyl (C=S) groups is 1. The van der Waals surface area contributed by atoms with Gasteiger partial charge in [0.2, 0.25) is 0 Å². The maximum Gasteiger partial charge on any atom is 0.270 e. The number of rotatable bonds is 7. The third kappa shape index (κ3) is 5.24. The number of carbonyl (C=O) groups excluding carboxylic acids is 1. The minimum atomic E-state index is -0.128. The molecule has 3 aromatic carbocycles. The van der Waals surface area contributed by atoms with Crippen LogP contribution in [0, 0.1) is 6.92 Å². The van der Waals surface area contributed by atoms with Crippen molar-refractivity contribution in [3.8, 4) is 11.5 Å². The first kappa shape index (κ1) is 23.4. The van der Waals surface area contributed by atoms with Crippen LogP contribution in [0.2, 0.25) is 5.02 Å². The zero-order valence-corrected chi connectivity index (χ0v) is 20.6. The summed E-state index contributed by atoms with van der Waals surface area (Å²) in [5.41, 5.74) is 3.52. The number of nitrogens with zero attached hydrogens (tertiary/aromatic N) is 1. The van der Waals surface area contributed by atoms with E-state index in [9.17, 15) is 4.79 Å². The van der Waals surface area contributed by atoms with E-state index in [-0.39, 0.29) is 5.91 Å². The number of hydrogen-bond acceptors (Lipinski definition) is 5. The fourth-order valence-electron chi connectivity index (χ4n) is 3.41. The molecule has 0 atom stereocenters. The first-order valence-electron chi connectivity index (χ1n) is 10.4. The van der Waals surface area contributed by atoms with Crippen LogP contribution >= 0.6 is 35.6 Å². The molecule has 0 bridgehead atoms. The van der Waals surface area contributed by atoms with E-state index in [0.29, 0.717) is 39.0 Å². The summed E-state index contributed by atoms with van der Waals surface area (Å²) in [7, 11) is 0. The molecule has 1 heterocycles. The minimum Gasteiger partial charge on any atom is -0.490 e. The average Bonchev–Trinajstić information content (AvgIpc) is 3.07. The molecule has 1 saturated heterocycles. The van der Waals surface area contributed by atoms with Gasteiger partial charge in [0.15, 0.2) is 15.8 Å². The second kappa shape index (κ2) is 10.4. The van der Waals surface area contributed by atoms with E-state index in [1.54, 1.807) is 4.90 Å². The first-order valence-corrected chi connectivity index (χ1v) is 12.0. The van der Waals surface area contributed by atoms with Gasteiger partial charge in [-0.05, 0) is 55.3 Å². The highest BCUT2D eigenvalue weighted by molar-refractivity contribution is 8.27. The van der Waals surface area contributed by atoms with Crippen LogP contribution in [0.1, 0.15) is 23.6 Å². The van der Waals surface area contributed by atoms with Crippen LogP contribution in [0.4, 0.5) is 5.69 Å². The predicted molar refractivity (Wildman–Crippen MR) is 140 cm³/mol. The van der Waals surface area contributed by atoms with Gasteiger partial charge in [-0.1, -0.05) is 78.0 Å². The van der Waals surface area contributed by atoms with Crippen molar-refractivity contribution in [3.05, 3.63) is 93.3 Å². The molecule has 1 amide bonds. The summed E-state index contributed by atoms with van der Waals surface area (Å²) < 4.78 is 12.3. The molecule has 0 saturated carbocycles. The average molecular weight is 496 g/mol. The van der Waals surface area contributed by atoms with Gasteiger partial charge in [-0.25, -0.2) is 0 Å². The van der Waals surface area contributed by atoms with Crippen molar-refractivity contribution in [1.82, 2.24) is 0 Å². The second-order valence-electron chi connectivity index (χ2n) is 7.32. The van der Waals surface area contributed by atoms with Crippen LogP contribution in [0.5, 0.6) is 11.5 Å². The summed E-state index contributed by atoms with van der Waals surface area (Å²) in [6.45, 7) is 4.70. The van der Waals surface area contributed by atoms with Crippen molar-refractivity contribution in [2.24, 2.45) is 0 Å².